The van der Waals surface area contributed by atoms with E-state index in [2.05, 4.69) is 0 Å². The summed E-state index contributed by atoms with van der Waals surface area (Å²) >= 11 is 0. The average Bonchev–Trinajstić information content (AvgIpc) is 2.84. The second kappa shape index (κ2) is 8.90. The number of carbonyl (C=O) groups excluding carboxylic acids is 1. The van der Waals surface area contributed by atoms with Crippen LogP contribution in [-0.4, -0.2) is 35.0 Å². The van der Waals surface area contributed by atoms with Crippen molar-refractivity contribution < 1.29 is 17.9 Å². The van der Waals surface area contributed by atoms with Gasteiger partial charge < -0.3 is 9.64 Å². The zero-order valence-electron chi connectivity index (χ0n) is 19.3. The van der Waals surface area contributed by atoms with Gasteiger partial charge in [0.1, 0.15) is 5.75 Å². The minimum atomic E-state index is -3.83. The third-order valence-electron chi connectivity index (χ3n) is 6.16. The number of ether oxygens (including phenoxy) is 1. The quantitative estimate of drug-likeness (QED) is 0.548. The minimum Gasteiger partial charge on any atom is -0.495 e. The summed E-state index contributed by atoms with van der Waals surface area (Å²) in [7, 11) is -0.723. The maximum Gasteiger partial charge on any atom is 0.264 e. The Morgan fingerprint density at radius 2 is 1.76 bits per heavy atom. The van der Waals surface area contributed by atoms with Crippen LogP contribution in [0.4, 0.5) is 11.4 Å². The molecule has 0 unspecified atom stereocenters. The van der Waals surface area contributed by atoms with Crippen molar-refractivity contribution in [3.05, 3.63) is 82.9 Å². The molecule has 0 N–H and O–H groups in total. The highest BCUT2D eigenvalue weighted by atomic mass is 32.2. The van der Waals surface area contributed by atoms with E-state index in [1.807, 2.05) is 38.1 Å². The highest BCUT2D eigenvalue weighted by Gasteiger charge is 2.29. The Kier molecular flexibility index (Phi) is 6.17. The van der Waals surface area contributed by atoms with Crippen molar-refractivity contribution in [2.45, 2.75) is 31.6 Å². The van der Waals surface area contributed by atoms with E-state index in [4.69, 9.17) is 4.74 Å². The van der Waals surface area contributed by atoms with Gasteiger partial charge in [-0.15, -0.1) is 0 Å². The van der Waals surface area contributed by atoms with Gasteiger partial charge in [0.2, 0.25) is 0 Å². The highest BCUT2D eigenvalue weighted by molar-refractivity contribution is 7.92. The number of nitrogens with zero attached hydrogens (tertiary/aromatic N) is 2. The maximum atomic E-state index is 13.6. The molecule has 1 aliphatic heterocycles. The fraction of sp³-hybridized carbons (Fsp3) is 0.269. The van der Waals surface area contributed by atoms with E-state index < -0.39 is 10.0 Å². The van der Waals surface area contributed by atoms with Crippen LogP contribution in [0.3, 0.4) is 0 Å². The van der Waals surface area contributed by atoms with Gasteiger partial charge in [-0.05, 0) is 74.2 Å². The number of carbonyl (C=O) groups is 1. The summed E-state index contributed by atoms with van der Waals surface area (Å²) in [4.78, 5) is 15.3. The Hall–Kier alpha value is -3.32. The van der Waals surface area contributed by atoms with E-state index in [1.54, 1.807) is 36.3 Å². The van der Waals surface area contributed by atoms with Crippen molar-refractivity contribution in [3.63, 3.8) is 0 Å². The van der Waals surface area contributed by atoms with E-state index in [0.29, 0.717) is 23.5 Å². The van der Waals surface area contributed by atoms with Crippen molar-refractivity contribution in [1.29, 1.82) is 0 Å². The Bertz CT molecular complexity index is 1300. The molecule has 0 aromatic heterocycles. The minimum absolute atomic E-state index is 0.0739. The number of hydrogen-bond donors (Lipinski definition) is 0. The molecule has 0 bridgehead atoms. The molecule has 0 fully saturated rings. The number of aryl methyl sites for hydroxylation is 2. The van der Waals surface area contributed by atoms with Gasteiger partial charge in [-0.3, -0.25) is 9.10 Å². The van der Waals surface area contributed by atoms with Crippen molar-refractivity contribution in [1.82, 2.24) is 0 Å². The molecule has 7 heteroatoms. The Morgan fingerprint density at radius 3 is 2.45 bits per heavy atom. The van der Waals surface area contributed by atoms with Crippen LogP contribution in [0.15, 0.2) is 65.6 Å². The number of hydrogen-bond acceptors (Lipinski definition) is 4. The molecule has 3 aromatic carbocycles. The van der Waals surface area contributed by atoms with Crippen molar-refractivity contribution in [2.24, 2.45) is 0 Å². The molecule has 0 atom stereocenters. The van der Waals surface area contributed by atoms with Crippen LogP contribution >= 0.6 is 0 Å². The van der Waals surface area contributed by atoms with Crippen molar-refractivity contribution in [2.75, 3.05) is 29.9 Å². The lowest BCUT2D eigenvalue weighted by Crippen LogP contribution is -2.36. The Balaban J connectivity index is 1.70. The molecule has 0 saturated heterocycles. The number of rotatable bonds is 5. The summed E-state index contributed by atoms with van der Waals surface area (Å²) in [6.45, 7) is 4.52. The topological polar surface area (TPSA) is 66.9 Å². The number of benzene rings is 3. The highest BCUT2D eigenvalue weighted by Crippen LogP contribution is 2.39. The first kappa shape index (κ1) is 22.9. The van der Waals surface area contributed by atoms with E-state index in [9.17, 15) is 13.2 Å². The molecule has 0 saturated carbocycles. The fourth-order valence-electron chi connectivity index (χ4n) is 4.22. The molecule has 1 heterocycles. The maximum absolute atomic E-state index is 13.6. The summed E-state index contributed by atoms with van der Waals surface area (Å²) < 4.78 is 33.4. The van der Waals surface area contributed by atoms with Crippen LogP contribution in [0.1, 0.15) is 33.5 Å². The number of fused-ring (bicyclic) bond motifs is 1. The van der Waals surface area contributed by atoms with Gasteiger partial charge in [0.15, 0.2) is 0 Å². The van der Waals surface area contributed by atoms with E-state index >= 15 is 0 Å². The van der Waals surface area contributed by atoms with E-state index in [-0.39, 0.29) is 10.8 Å². The third kappa shape index (κ3) is 4.20. The van der Waals surface area contributed by atoms with Gasteiger partial charge in [0, 0.05) is 19.2 Å². The molecule has 6 nitrogen and oxygen atoms in total. The van der Waals surface area contributed by atoms with Crippen LogP contribution in [0, 0.1) is 13.8 Å². The standard InChI is InChI=1S/C26H28N2O4S/c1-18-10-13-21(14-11-18)27(3)33(30,31)22-8-5-7-20(17-22)26(29)28-16-6-9-23-19(2)12-15-24(32-4)25(23)28/h5,7-8,10-15,17H,6,9,16H2,1-4H3. The second-order valence-electron chi connectivity index (χ2n) is 8.31. The van der Waals surface area contributed by atoms with Gasteiger partial charge in [0.05, 0.1) is 23.4 Å². The van der Waals surface area contributed by atoms with Crippen LogP contribution in [0.5, 0.6) is 5.75 Å². The number of anilines is 2. The average molecular weight is 465 g/mol. The lowest BCUT2D eigenvalue weighted by atomic mass is 9.95. The zero-order valence-corrected chi connectivity index (χ0v) is 20.1. The van der Waals surface area contributed by atoms with Gasteiger partial charge in [-0.1, -0.05) is 29.8 Å². The first-order chi connectivity index (χ1) is 15.7. The summed E-state index contributed by atoms with van der Waals surface area (Å²) in [5.41, 5.74) is 4.91. The molecule has 172 valence electrons. The third-order valence-corrected chi connectivity index (χ3v) is 7.94. The van der Waals surface area contributed by atoms with Gasteiger partial charge in [0.25, 0.3) is 15.9 Å². The smallest absolute Gasteiger partial charge is 0.264 e. The number of sulfonamides is 1. The first-order valence-electron chi connectivity index (χ1n) is 10.9. The summed E-state index contributed by atoms with van der Waals surface area (Å²) in [6.07, 6.45) is 1.71. The van der Waals surface area contributed by atoms with Crippen LogP contribution < -0.4 is 13.9 Å². The van der Waals surface area contributed by atoms with E-state index in [1.165, 1.54) is 23.5 Å². The van der Waals surface area contributed by atoms with Gasteiger partial charge >= 0.3 is 0 Å². The van der Waals surface area contributed by atoms with Crippen LogP contribution in [0.2, 0.25) is 0 Å². The van der Waals surface area contributed by atoms with Crippen molar-refractivity contribution in [3.8, 4) is 5.75 Å². The molecule has 0 radical (unpaired) electrons. The molecule has 1 aliphatic rings. The number of amides is 1. The molecule has 1 amide bonds. The largest absolute Gasteiger partial charge is 0.495 e. The van der Waals surface area contributed by atoms with Gasteiger partial charge in [-0.2, -0.15) is 0 Å². The van der Waals surface area contributed by atoms with Gasteiger partial charge in [-0.25, -0.2) is 8.42 Å². The lowest BCUT2D eigenvalue weighted by molar-refractivity contribution is 0.0984. The molecule has 3 aromatic rings. The number of methoxy groups -OCH3 is 1. The van der Waals surface area contributed by atoms with Crippen molar-refractivity contribution >= 4 is 27.3 Å². The SMILES string of the molecule is COc1ccc(C)c2c1N(C(=O)c1cccc(S(=O)(=O)N(C)c3ccc(C)cc3)c1)CCC2. The van der Waals surface area contributed by atoms with Crippen LogP contribution in [0.25, 0.3) is 0 Å². The first-order valence-corrected chi connectivity index (χ1v) is 12.3. The Labute approximate surface area is 195 Å². The fourth-order valence-corrected chi connectivity index (χ4v) is 5.46. The normalized spacial score (nSPS) is 13.4. The monoisotopic (exact) mass is 464 g/mol. The summed E-state index contributed by atoms with van der Waals surface area (Å²) in [5, 5.41) is 0. The predicted molar refractivity (Wildman–Crippen MR) is 131 cm³/mol. The second-order valence-corrected chi connectivity index (χ2v) is 10.3. The predicted octanol–water partition coefficient (Wildman–Crippen LogP) is 4.73. The summed E-state index contributed by atoms with van der Waals surface area (Å²) in [5.74, 6) is 0.404. The Morgan fingerprint density at radius 1 is 1.03 bits per heavy atom. The lowest BCUT2D eigenvalue weighted by Gasteiger charge is -2.32. The molecular formula is C26H28N2O4S. The molecule has 33 heavy (non-hydrogen) atoms. The zero-order chi connectivity index (χ0) is 23.8. The van der Waals surface area contributed by atoms with Crippen LogP contribution in [-0.2, 0) is 16.4 Å². The molecule has 0 aliphatic carbocycles. The van der Waals surface area contributed by atoms with E-state index in [0.717, 1.165) is 35.2 Å². The summed E-state index contributed by atoms with van der Waals surface area (Å²) in [6, 6.07) is 17.4. The molecule has 0 spiro atoms. The molecule has 4 rings (SSSR count). The molecular weight excluding hydrogens is 436 g/mol.